The largest absolute Gasteiger partial charge is 0.451 e. The number of unbranched alkanes of at least 4 members (excludes halogenated alkanes) is 1. The Labute approximate surface area is 174 Å². The molecule has 0 spiro atoms. The summed E-state index contributed by atoms with van der Waals surface area (Å²) in [5, 5.41) is 5.73. The molecule has 0 aromatic heterocycles. The van der Waals surface area contributed by atoms with Crippen LogP contribution >= 0.6 is 11.6 Å². The molecule has 2 N–H and O–H groups in total. The summed E-state index contributed by atoms with van der Waals surface area (Å²) >= 11 is 5.93. The molecule has 1 aliphatic rings. The van der Waals surface area contributed by atoms with Crippen molar-refractivity contribution < 1.29 is 23.9 Å². The highest BCUT2D eigenvalue weighted by Gasteiger charge is 2.48. The van der Waals surface area contributed by atoms with Gasteiger partial charge in [0.15, 0.2) is 6.10 Å². The molecule has 1 aliphatic heterocycles. The van der Waals surface area contributed by atoms with Gasteiger partial charge in [0.1, 0.15) is 12.1 Å². The molecular weight excluding hydrogens is 398 g/mol. The van der Waals surface area contributed by atoms with Gasteiger partial charge in [-0.05, 0) is 44.9 Å². The van der Waals surface area contributed by atoms with E-state index in [1.54, 1.807) is 32.0 Å². The Morgan fingerprint density at radius 2 is 2.03 bits per heavy atom. The van der Waals surface area contributed by atoms with Crippen molar-refractivity contribution in [3.05, 3.63) is 28.8 Å². The van der Waals surface area contributed by atoms with Gasteiger partial charge in [0, 0.05) is 10.7 Å². The molecule has 1 fully saturated rings. The summed E-state index contributed by atoms with van der Waals surface area (Å²) in [6.45, 7) is 6.27. The topological polar surface area (TPSA) is 105 Å². The van der Waals surface area contributed by atoms with Crippen molar-refractivity contribution in [2.45, 2.75) is 58.6 Å². The van der Waals surface area contributed by atoms with E-state index in [1.807, 2.05) is 6.92 Å². The molecule has 0 radical (unpaired) electrons. The van der Waals surface area contributed by atoms with Gasteiger partial charge in [-0.15, -0.1) is 0 Å². The Morgan fingerprint density at radius 3 is 2.69 bits per heavy atom. The first-order valence-corrected chi connectivity index (χ1v) is 9.85. The van der Waals surface area contributed by atoms with Gasteiger partial charge in [0.25, 0.3) is 11.8 Å². The van der Waals surface area contributed by atoms with Crippen molar-refractivity contribution in [1.82, 2.24) is 10.2 Å². The monoisotopic (exact) mass is 423 g/mol. The number of rotatable bonds is 8. The Kier molecular flexibility index (Phi) is 7.24. The van der Waals surface area contributed by atoms with Gasteiger partial charge < -0.3 is 15.4 Å². The van der Waals surface area contributed by atoms with Gasteiger partial charge in [-0.3, -0.25) is 19.3 Å². The molecule has 2 rings (SSSR count). The van der Waals surface area contributed by atoms with E-state index < -0.39 is 42.0 Å². The zero-order valence-electron chi connectivity index (χ0n) is 17.0. The van der Waals surface area contributed by atoms with Gasteiger partial charge in [-0.25, -0.2) is 4.79 Å². The number of nitrogens with one attached hydrogen (secondary N) is 2. The minimum Gasteiger partial charge on any atom is -0.451 e. The standard InChI is InChI=1S/C20H26ClN3O5/c1-5-6-9-20(4)18(27)24(19(28)23-20)11-16(25)29-13(3)17(26)22-15-10-14(21)8-7-12(15)2/h7-8,10,13H,5-6,9,11H2,1-4H3,(H,22,26)(H,23,28)/t13-,20-/m1/s1. The maximum atomic E-state index is 12.6. The first kappa shape index (κ1) is 22.7. The fourth-order valence-corrected chi connectivity index (χ4v) is 3.14. The van der Waals surface area contributed by atoms with Crippen LogP contribution in [0.15, 0.2) is 18.2 Å². The number of anilines is 1. The summed E-state index contributed by atoms with van der Waals surface area (Å²) in [6, 6.07) is 4.40. The van der Waals surface area contributed by atoms with Crippen LogP contribution in [0, 0.1) is 6.92 Å². The number of hydrogen-bond acceptors (Lipinski definition) is 5. The molecule has 1 aromatic carbocycles. The number of esters is 1. The van der Waals surface area contributed by atoms with Gasteiger partial charge in [0.05, 0.1) is 0 Å². The molecule has 0 bridgehead atoms. The molecule has 9 heteroatoms. The maximum absolute atomic E-state index is 12.6. The number of benzene rings is 1. The zero-order valence-corrected chi connectivity index (χ0v) is 17.8. The number of carbonyl (C=O) groups is 4. The SMILES string of the molecule is CCCC[C@@]1(C)NC(=O)N(CC(=O)O[C@H](C)C(=O)Nc2cc(Cl)ccc2C)C1=O. The Balaban J connectivity index is 1.94. The third kappa shape index (κ3) is 5.47. The van der Waals surface area contributed by atoms with E-state index in [0.717, 1.165) is 23.3 Å². The molecule has 0 aliphatic carbocycles. The van der Waals surface area contributed by atoms with Crippen LogP contribution in [0.1, 0.15) is 45.6 Å². The Bertz CT molecular complexity index is 828. The summed E-state index contributed by atoms with van der Waals surface area (Å²) in [5.41, 5.74) is 0.277. The van der Waals surface area contributed by atoms with Crippen LogP contribution in [0.3, 0.4) is 0 Å². The Hall–Kier alpha value is -2.61. The number of aryl methyl sites for hydroxylation is 1. The molecular formula is C20H26ClN3O5. The van der Waals surface area contributed by atoms with E-state index in [0.29, 0.717) is 17.1 Å². The molecule has 8 nitrogen and oxygen atoms in total. The van der Waals surface area contributed by atoms with Crippen molar-refractivity contribution in [2.24, 2.45) is 0 Å². The van der Waals surface area contributed by atoms with Gasteiger partial charge in [-0.1, -0.05) is 37.4 Å². The number of amides is 4. The Morgan fingerprint density at radius 1 is 1.34 bits per heavy atom. The highest BCUT2D eigenvalue weighted by atomic mass is 35.5. The molecule has 0 saturated carbocycles. The van der Waals surface area contributed by atoms with Crippen molar-refractivity contribution >= 4 is 41.1 Å². The highest BCUT2D eigenvalue weighted by Crippen LogP contribution is 2.24. The lowest BCUT2D eigenvalue weighted by atomic mass is 9.95. The summed E-state index contributed by atoms with van der Waals surface area (Å²) < 4.78 is 5.10. The second-order valence-corrected chi connectivity index (χ2v) is 7.77. The molecule has 158 valence electrons. The molecule has 29 heavy (non-hydrogen) atoms. The van der Waals surface area contributed by atoms with Crippen LogP contribution in [0.25, 0.3) is 0 Å². The quantitative estimate of drug-likeness (QED) is 0.494. The summed E-state index contributed by atoms with van der Waals surface area (Å²) in [4.78, 5) is 50.0. The van der Waals surface area contributed by atoms with E-state index in [4.69, 9.17) is 16.3 Å². The predicted molar refractivity (Wildman–Crippen MR) is 109 cm³/mol. The van der Waals surface area contributed by atoms with Gasteiger partial charge >= 0.3 is 12.0 Å². The van der Waals surface area contributed by atoms with Crippen LogP contribution in [0.5, 0.6) is 0 Å². The minimum absolute atomic E-state index is 0.459. The number of carbonyl (C=O) groups excluding carboxylic acids is 4. The first-order valence-electron chi connectivity index (χ1n) is 9.48. The summed E-state index contributed by atoms with van der Waals surface area (Å²) in [7, 11) is 0. The van der Waals surface area contributed by atoms with Crippen molar-refractivity contribution in [2.75, 3.05) is 11.9 Å². The van der Waals surface area contributed by atoms with E-state index >= 15 is 0 Å². The molecule has 2 atom stereocenters. The number of ether oxygens (including phenoxy) is 1. The molecule has 1 aromatic rings. The van der Waals surface area contributed by atoms with E-state index in [1.165, 1.54) is 6.92 Å². The van der Waals surface area contributed by atoms with Crippen LogP contribution in [0.4, 0.5) is 10.5 Å². The lowest BCUT2D eigenvalue weighted by molar-refractivity contribution is -0.155. The first-order chi connectivity index (χ1) is 13.6. The van der Waals surface area contributed by atoms with Gasteiger partial charge in [-0.2, -0.15) is 0 Å². The smallest absolute Gasteiger partial charge is 0.327 e. The van der Waals surface area contributed by atoms with Crippen LogP contribution in [0.2, 0.25) is 5.02 Å². The predicted octanol–water partition coefficient (Wildman–Crippen LogP) is 3.02. The van der Waals surface area contributed by atoms with Crippen molar-refractivity contribution in [3.63, 3.8) is 0 Å². The number of hydrogen-bond donors (Lipinski definition) is 2. The van der Waals surface area contributed by atoms with E-state index in [-0.39, 0.29) is 0 Å². The van der Waals surface area contributed by atoms with E-state index in [2.05, 4.69) is 10.6 Å². The molecule has 1 saturated heterocycles. The second-order valence-electron chi connectivity index (χ2n) is 7.34. The fourth-order valence-electron chi connectivity index (χ4n) is 2.97. The molecule has 0 unspecified atom stereocenters. The average Bonchev–Trinajstić information content (AvgIpc) is 2.86. The van der Waals surface area contributed by atoms with Crippen LogP contribution in [-0.4, -0.2) is 46.9 Å². The van der Waals surface area contributed by atoms with Crippen LogP contribution < -0.4 is 10.6 Å². The summed E-state index contributed by atoms with van der Waals surface area (Å²) in [6.07, 6.45) is 1.01. The lowest BCUT2D eigenvalue weighted by Gasteiger charge is -2.21. The third-order valence-corrected chi connectivity index (χ3v) is 5.03. The lowest BCUT2D eigenvalue weighted by Crippen LogP contribution is -2.44. The number of urea groups is 1. The third-order valence-electron chi connectivity index (χ3n) is 4.80. The highest BCUT2D eigenvalue weighted by molar-refractivity contribution is 6.31. The molecule has 1 heterocycles. The summed E-state index contributed by atoms with van der Waals surface area (Å²) in [5.74, 6) is -1.87. The van der Waals surface area contributed by atoms with Crippen molar-refractivity contribution in [3.8, 4) is 0 Å². The van der Waals surface area contributed by atoms with E-state index in [9.17, 15) is 19.2 Å². The number of nitrogens with zero attached hydrogens (tertiary/aromatic N) is 1. The zero-order chi connectivity index (χ0) is 21.8. The maximum Gasteiger partial charge on any atom is 0.327 e. The fraction of sp³-hybridized carbons (Fsp3) is 0.500. The average molecular weight is 424 g/mol. The second kappa shape index (κ2) is 9.26. The number of halogens is 1. The number of imide groups is 1. The van der Waals surface area contributed by atoms with Gasteiger partial charge in [0.2, 0.25) is 0 Å². The normalized spacial score (nSPS) is 19.7. The molecule has 4 amide bonds. The van der Waals surface area contributed by atoms with Crippen molar-refractivity contribution in [1.29, 1.82) is 0 Å². The van der Waals surface area contributed by atoms with Crippen LogP contribution in [-0.2, 0) is 19.1 Å². The minimum atomic E-state index is -1.12.